The molecule has 118 valence electrons. The van der Waals surface area contributed by atoms with Crippen LogP contribution in [0.5, 0.6) is 0 Å². The standard InChI is InChI=1S/C18H21FO3/c1-4-22-17(21)18(3,11-9-14(2)13-20)12-10-15-5-7-16(19)8-6-15/h5-9,20H,4,11,13H2,1-3H3/b14-9-. The van der Waals surface area contributed by atoms with Gasteiger partial charge in [0.25, 0.3) is 0 Å². The number of esters is 1. The molecule has 0 fully saturated rings. The Morgan fingerprint density at radius 2 is 2.05 bits per heavy atom. The molecule has 0 saturated carbocycles. The van der Waals surface area contributed by atoms with E-state index in [4.69, 9.17) is 9.84 Å². The smallest absolute Gasteiger partial charge is 0.324 e. The third-order valence-corrected chi connectivity index (χ3v) is 3.16. The largest absolute Gasteiger partial charge is 0.465 e. The van der Waals surface area contributed by atoms with Gasteiger partial charge in [0.1, 0.15) is 11.2 Å². The summed E-state index contributed by atoms with van der Waals surface area (Å²) in [4.78, 5) is 12.2. The zero-order valence-electron chi connectivity index (χ0n) is 13.1. The van der Waals surface area contributed by atoms with Gasteiger partial charge in [-0.1, -0.05) is 23.5 Å². The summed E-state index contributed by atoms with van der Waals surface area (Å²) in [5.74, 6) is 5.06. The van der Waals surface area contributed by atoms with Gasteiger partial charge in [-0.2, -0.15) is 0 Å². The average Bonchev–Trinajstić information content (AvgIpc) is 2.52. The Morgan fingerprint density at radius 3 is 2.59 bits per heavy atom. The molecule has 0 aliphatic heterocycles. The highest BCUT2D eigenvalue weighted by molar-refractivity contribution is 5.80. The first kappa shape index (κ1) is 17.9. The zero-order chi connectivity index (χ0) is 16.6. The molecule has 1 N–H and O–H groups in total. The lowest BCUT2D eigenvalue weighted by Crippen LogP contribution is -2.28. The van der Waals surface area contributed by atoms with Gasteiger partial charge in [-0.3, -0.25) is 4.79 Å². The first-order valence-corrected chi connectivity index (χ1v) is 7.13. The minimum absolute atomic E-state index is 0.0652. The van der Waals surface area contributed by atoms with Gasteiger partial charge in [0.05, 0.1) is 13.2 Å². The Labute approximate surface area is 130 Å². The summed E-state index contributed by atoms with van der Waals surface area (Å²) >= 11 is 0. The highest BCUT2D eigenvalue weighted by Gasteiger charge is 2.31. The average molecular weight is 304 g/mol. The van der Waals surface area contributed by atoms with Gasteiger partial charge >= 0.3 is 5.97 Å². The number of aliphatic hydroxyl groups excluding tert-OH is 1. The second-order valence-electron chi connectivity index (χ2n) is 5.22. The summed E-state index contributed by atoms with van der Waals surface area (Å²) in [6.45, 7) is 5.42. The third-order valence-electron chi connectivity index (χ3n) is 3.16. The Bertz CT molecular complexity index is 593. The molecule has 1 aromatic rings. The SMILES string of the molecule is CCOC(=O)C(C)(C#Cc1ccc(F)cc1)C/C=C(/C)CO. The number of ether oxygens (including phenoxy) is 1. The van der Waals surface area contributed by atoms with Gasteiger partial charge in [0, 0.05) is 5.56 Å². The van der Waals surface area contributed by atoms with E-state index < -0.39 is 11.4 Å². The summed E-state index contributed by atoms with van der Waals surface area (Å²) in [6, 6.07) is 5.76. The van der Waals surface area contributed by atoms with Crippen molar-refractivity contribution in [2.24, 2.45) is 5.41 Å². The summed E-state index contributed by atoms with van der Waals surface area (Å²) in [5, 5.41) is 9.05. The van der Waals surface area contributed by atoms with Crippen LogP contribution in [0, 0.1) is 23.1 Å². The molecule has 1 unspecified atom stereocenters. The lowest BCUT2D eigenvalue weighted by atomic mass is 9.86. The molecule has 0 aliphatic carbocycles. The molecular weight excluding hydrogens is 283 g/mol. The molecule has 0 radical (unpaired) electrons. The fraction of sp³-hybridized carbons (Fsp3) is 0.389. The quantitative estimate of drug-likeness (QED) is 0.516. The maximum Gasteiger partial charge on any atom is 0.324 e. The number of carbonyl (C=O) groups is 1. The van der Waals surface area contributed by atoms with Crippen LogP contribution in [0.1, 0.15) is 32.8 Å². The van der Waals surface area contributed by atoms with Gasteiger partial charge in [-0.05, 0) is 51.5 Å². The normalized spacial score (nSPS) is 13.8. The van der Waals surface area contributed by atoms with Crippen molar-refractivity contribution in [1.82, 2.24) is 0 Å². The molecule has 1 aromatic carbocycles. The van der Waals surface area contributed by atoms with Gasteiger partial charge < -0.3 is 9.84 Å². The Hall–Kier alpha value is -2.12. The summed E-state index contributed by atoms with van der Waals surface area (Å²) in [7, 11) is 0. The zero-order valence-corrected chi connectivity index (χ0v) is 13.1. The maximum atomic E-state index is 12.9. The number of carbonyl (C=O) groups excluding carboxylic acids is 1. The molecule has 22 heavy (non-hydrogen) atoms. The van der Waals surface area contributed by atoms with E-state index in [-0.39, 0.29) is 19.0 Å². The molecule has 3 nitrogen and oxygen atoms in total. The van der Waals surface area contributed by atoms with Crippen LogP contribution >= 0.6 is 0 Å². The highest BCUT2D eigenvalue weighted by Crippen LogP contribution is 2.24. The van der Waals surface area contributed by atoms with E-state index in [0.29, 0.717) is 12.0 Å². The van der Waals surface area contributed by atoms with E-state index in [1.165, 1.54) is 12.1 Å². The van der Waals surface area contributed by atoms with E-state index in [0.717, 1.165) is 5.57 Å². The van der Waals surface area contributed by atoms with Gasteiger partial charge in [-0.15, -0.1) is 0 Å². The number of aliphatic hydroxyl groups is 1. The summed E-state index contributed by atoms with van der Waals surface area (Å²) < 4.78 is 18.0. The van der Waals surface area contributed by atoms with Crippen LogP contribution in [0.4, 0.5) is 4.39 Å². The minimum atomic E-state index is -1.01. The van der Waals surface area contributed by atoms with Gasteiger partial charge in [0.2, 0.25) is 0 Å². The molecule has 0 bridgehead atoms. The molecule has 0 aromatic heterocycles. The van der Waals surface area contributed by atoms with E-state index in [9.17, 15) is 9.18 Å². The molecule has 0 heterocycles. The van der Waals surface area contributed by atoms with E-state index in [1.807, 2.05) is 0 Å². The fourth-order valence-electron chi connectivity index (χ4n) is 1.66. The second kappa shape index (κ2) is 8.35. The van der Waals surface area contributed by atoms with Crippen molar-refractivity contribution in [2.75, 3.05) is 13.2 Å². The Morgan fingerprint density at radius 1 is 1.41 bits per heavy atom. The van der Waals surface area contributed by atoms with Crippen molar-refractivity contribution in [2.45, 2.75) is 27.2 Å². The molecule has 1 rings (SSSR count). The van der Waals surface area contributed by atoms with Crippen LogP contribution < -0.4 is 0 Å². The number of halogens is 1. The highest BCUT2D eigenvalue weighted by atomic mass is 19.1. The number of hydrogen-bond donors (Lipinski definition) is 1. The van der Waals surface area contributed by atoms with Crippen LogP contribution in [-0.2, 0) is 9.53 Å². The van der Waals surface area contributed by atoms with Crippen LogP contribution in [0.3, 0.4) is 0 Å². The van der Waals surface area contributed by atoms with Crippen molar-refractivity contribution in [3.05, 3.63) is 47.3 Å². The Kier molecular flexibility index (Phi) is 6.81. The van der Waals surface area contributed by atoms with Crippen LogP contribution in [-0.4, -0.2) is 24.3 Å². The van der Waals surface area contributed by atoms with Crippen molar-refractivity contribution < 1.29 is 19.0 Å². The number of rotatable bonds is 5. The number of allylic oxidation sites excluding steroid dienone is 1. The maximum absolute atomic E-state index is 12.9. The van der Waals surface area contributed by atoms with Gasteiger partial charge in [-0.25, -0.2) is 4.39 Å². The van der Waals surface area contributed by atoms with E-state index in [2.05, 4.69) is 11.8 Å². The predicted molar refractivity (Wildman–Crippen MR) is 83.5 cm³/mol. The first-order valence-electron chi connectivity index (χ1n) is 7.13. The van der Waals surface area contributed by atoms with E-state index in [1.54, 1.807) is 39.0 Å². The minimum Gasteiger partial charge on any atom is -0.465 e. The topological polar surface area (TPSA) is 46.5 Å². The lowest BCUT2D eigenvalue weighted by molar-refractivity contribution is -0.150. The monoisotopic (exact) mass is 304 g/mol. The summed E-state index contributed by atoms with van der Waals surface area (Å²) in [5.41, 5.74) is 0.375. The number of hydrogen-bond acceptors (Lipinski definition) is 3. The van der Waals surface area contributed by atoms with Crippen molar-refractivity contribution >= 4 is 5.97 Å². The van der Waals surface area contributed by atoms with E-state index >= 15 is 0 Å². The molecule has 1 atom stereocenters. The first-order chi connectivity index (χ1) is 10.4. The Balaban J connectivity index is 3.05. The molecule has 0 saturated heterocycles. The molecular formula is C18H21FO3. The number of benzene rings is 1. The van der Waals surface area contributed by atoms with Crippen molar-refractivity contribution in [3.8, 4) is 11.8 Å². The fourth-order valence-corrected chi connectivity index (χ4v) is 1.66. The lowest BCUT2D eigenvalue weighted by Gasteiger charge is -2.20. The molecule has 0 aliphatic rings. The molecule has 0 amide bonds. The van der Waals surface area contributed by atoms with Crippen molar-refractivity contribution in [1.29, 1.82) is 0 Å². The predicted octanol–water partition coefficient (Wildman–Crippen LogP) is 3.08. The van der Waals surface area contributed by atoms with Crippen LogP contribution in [0.2, 0.25) is 0 Å². The van der Waals surface area contributed by atoms with Crippen molar-refractivity contribution in [3.63, 3.8) is 0 Å². The summed E-state index contributed by atoms with van der Waals surface area (Å²) in [6.07, 6.45) is 2.11. The van der Waals surface area contributed by atoms with Crippen LogP contribution in [0.25, 0.3) is 0 Å². The van der Waals surface area contributed by atoms with Crippen LogP contribution in [0.15, 0.2) is 35.9 Å². The third kappa shape index (κ3) is 5.34. The molecule has 4 heteroatoms. The molecule has 0 spiro atoms. The van der Waals surface area contributed by atoms with Gasteiger partial charge in [0.15, 0.2) is 0 Å². The second-order valence-corrected chi connectivity index (χ2v) is 5.22.